The first kappa shape index (κ1) is 15.1. The van der Waals surface area contributed by atoms with Gasteiger partial charge in [0.15, 0.2) is 5.82 Å². The summed E-state index contributed by atoms with van der Waals surface area (Å²) in [4.78, 5) is 12.3. The fourth-order valence-corrected chi connectivity index (χ4v) is 2.90. The highest BCUT2D eigenvalue weighted by atomic mass is 16.1. The molecule has 0 unspecified atom stereocenters. The number of hydrogen-bond acceptors (Lipinski definition) is 3. The molecule has 25 heavy (non-hydrogen) atoms. The third-order valence-corrected chi connectivity index (χ3v) is 4.16. The van der Waals surface area contributed by atoms with Gasteiger partial charge in [0.05, 0.1) is 23.3 Å². The van der Waals surface area contributed by atoms with E-state index in [0.29, 0.717) is 5.82 Å². The first-order valence-corrected chi connectivity index (χ1v) is 8.04. The lowest BCUT2D eigenvalue weighted by Gasteiger charge is -2.01. The van der Waals surface area contributed by atoms with Gasteiger partial charge < -0.3 is 5.32 Å². The van der Waals surface area contributed by atoms with Gasteiger partial charge in [-0.2, -0.15) is 10.2 Å². The maximum atomic E-state index is 12.3. The molecule has 2 aromatic carbocycles. The van der Waals surface area contributed by atoms with Crippen LogP contribution >= 0.6 is 0 Å². The smallest absolute Gasteiger partial charge is 0.231 e. The van der Waals surface area contributed by atoms with E-state index in [0.717, 1.165) is 33.4 Å². The monoisotopic (exact) mass is 331 g/mol. The van der Waals surface area contributed by atoms with Crippen molar-refractivity contribution in [2.45, 2.75) is 13.3 Å². The molecule has 0 radical (unpaired) electrons. The maximum Gasteiger partial charge on any atom is 0.231 e. The summed E-state index contributed by atoms with van der Waals surface area (Å²) >= 11 is 0. The SMILES string of the molecule is Cc1ccccc1-c1cc(NC(=O)Cc2[nH]nc3ccccc23)n[nH]1. The summed E-state index contributed by atoms with van der Waals surface area (Å²) in [5.74, 6) is 0.365. The third kappa shape index (κ3) is 3.01. The van der Waals surface area contributed by atoms with Gasteiger partial charge in [0.25, 0.3) is 0 Å². The van der Waals surface area contributed by atoms with Crippen molar-refractivity contribution < 1.29 is 4.79 Å². The van der Waals surface area contributed by atoms with Crippen LogP contribution in [0.1, 0.15) is 11.3 Å². The quantitative estimate of drug-likeness (QED) is 0.535. The summed E-state index contributed by atoms with van der Waals surface area (Å²) in [6.07, 6.45) is 0.215. The number of aromatic nitrogens is 4. The molecule has 0 saturated heterocycles. The van der Waals surface area contributed by atoms with Gasteiger partial charge in [-0.05, 0) is 18.6 Å². The predicted octanol–water partition coefficient (Wildman–Crippen LogP) is 3.44. The number of nitrogens with one attached hydrogen (secondary N) is 3. The van der Waals surface area contributed by atoms with Crippen LogP contribution in [0, 0.1) is 6.92 Å². The highest BCUT2D eigenvalue weighted by molar-refractivity contribution is 5.94. The summed E-state index contributed by atoms with van der Waals surface area (Å²) in [6, 6.07) is 17.6. The van der Waals surface area contributed by atoms with Crippen LogP contribution < -0.4 is 5.32 Å². The molecular formula is C19H17N5O. The zero-order chi connectivity index (χ0) is 17.2. The number of rotatable bonds is 4. The van der Waals surface area contributed by atoms with Crippen LogP contribution in [-0.4, -0.2) is 26.3 Å². The Morgan fingerprint density at radius 1 is 1.04 bits per heavy atom. The minimum atomic E-state index is -0.141. The number of para-hydroxylation sites is 1. The van der Waals surface area contributed by atoms with Crippen LogP contribution in [-0.2, 0) is 11.2 Å². The Hall–Kier alpha value is -3.41. The molecule has 0 saturated carbocycles. The second-order valence-corrected chi connectivity index (χ2v) is 5.93. The van der Waals surface area contributed by atoms with Crippen LogP contribution in [0.5, 0.6) is 0 Å². The molecule has 4 aromatic rings. The van der Waals surface area contributed by atoms with Crippen LogP contribution in [0.25, 0.3) is 22.2 Å². The average Bonchev–Trinajstić information content (AvgIpc) is 3.23. The van der Waals surface area contributed by atoms with Crippen molar-refractivity contribution in [3.63, 3.8) is 0 Å². The summed E-state index contributed by atoms with van der Waals surface area (Å²) in [6.45, 7) is 2.04. The second kappa shape index (κ2) is 6.24. The molecule has 124 valence electrons. The summed E-state index contributed by atoms with van der Waals surface area (Å²) in [5.41, 5.74) is 4.73. The normalized spacial score (nSPS) is 10.9. The lowest BCUT2D eigenvalue weighted by molar-refractivity contribution is -0.115. The van der Waals surface area contributed by atoms with Crippen molar-refractivity contribution in [2.75, 3.05) is 5.32 Å². The van der Waals surface area contributed by atoms with E-state index in [1.54, 1.807) is 0 Å². The molecular weight excluding hydrogens is 314 g/mol. The van der Waals surface area contributed by atoms with Crippen LogP contribution in [0.2, 0.25) is 0 Å². The van der Waals surface area contributed by atoms with Gasteiger partial charge in [-0.25, -0.2) is 0 Å². The van der Waals surface area contributed by atoms with Crippen molar-refractivity contribution in [1.82, 2.24) is 20.4 Å². The van der Waals surface area contributed by atoms with E-state index in [1.165, 1.54) is 0 Å². The molecule has 3 N–H and O–H groups in total. The zero-order valence-corrected chi connectivity index (χ0v) is 13.7. The van der Waals surface area contributed by atoms with Crippen LogP contribution in [0.4, 0.5) is 5.82 Å². The van der Waals surface area contributed by atoms with Gasteiger partial charge in [-0.15, -0.1) is 0 Å². The molecule has 0 atom stereocenters. The summed E-state index contributed by atoms with van der Waals surface area (Å²) < 4.78 is 0. The van der Waals surface area contributed by atoms with Gasteiger partial charge in [0.2, 0.25) is 5.91 Å². The number of carbonyl (C=O) groups is 1. The molecule has 1 amide bonds. The number of carbonyl (C=O) groups excluding carboxylic acids is 1. The fourth-order valence-electron chi connectivity index (χ4n) is 2.90. The fraction of sp³-hybridized carbons (Fsp3) is 0.105. The number of anilines is 1. The van der Waals surface area contributed by atoms with Crippen molar-refractivity contribution >= 4 is 22.6 Å². The Morgan fingerprint density at radius 2 is 1.84 bits per heavy atom. The van der Waals surface area contributed by atoms with Gasteiger partial charge >= 0.3 is 0 Å². The lowest BCUT2D eigenvalue weighted by Crippen LogP contribution is -2.15. The van der Waals surface area contributed by atoms with Crippen molar-refractivity contribution in [1.29, 1.82) is 0 Å². The molecule has 0 spiro atoms. The highest BCUT2D eigenvalue weighted by Crippen LogP contribution is 2.23. The van der Waals surface area contributed by atoms with Gasteiger partial charge in [0, 0.05) is 17.0 Å². The first-order valence-electron chi connectivity index (χ1n) is 8.04. The van der Waals surface area contributed by atoms with E-state index in [4.69, 9.17) is 0 Å². The molecule has 0 aliphatic rings. The number of hydrogen-bond donors (Lipinski definition) is 3. The molecule has 0 aliphatic heterocycles. The lowest BCUT2D eigenvalue weighted by atomic mass is 10.1. The van der Waals surface area contributed by atoms with E-state index in [9.17, 15) is 4.79 Å². The minimum Gasteiger partial charge on any atom is -0.309 e. The molecule has 6 heteroatoms. The Kier molecular flexibility index (Phi) is 3.78. The number of nitrogens with zero attached hydrogens (tertiary/aromatic N) is 2. The minimum absolute atomic E-state index is 0.141. The van der Waals surface area contributed by atoms with Crippen molar-refractivity contribution in [2.24, 2.45) is 0 Å². The molecule has 0 fully saturated rings. The molecule has 0 aliphatic carbocycles. The second-order valence-electron chi connectivity index (χ2n) is 5.93. The standard InChI is InChI=1S/C19H17N5O/c1-12-6-2-3-7-13(12)16-10-18(24-23-16)20-19(25)11-17-14-8-4-5-9-15(14)21-22-17/h2-10H,11H2,1H3,(H,21,22)(H2,20,23,24,25). The van der Waals surface area contributed by atoms with Gasteiger partial charge in [0.1, 0.15) is 0 Å². The van der Waals surface area contributed by atoms with Crippen molar-refractivity contribution in [3.8, 4) is 11.3 Å². The summed E-state index contributed by atoms with van der Waals surface area (Å²) in [7, 11) is 0. The molecule has 4 rings (SSSR count). The van der Waals surface area contributed by atoms with E-state index < -0.39 is 0 Å². The number of fused-ring (bicyclic) bond motifs is 1. The van der Waals surface area contributed by atoms with Gasteiger partial charge in [-0.3, -0.25) is 15.0 Å². The number of aryl methyl sites for hydroxylation is 1. The Morgan fingerprint density at radius 3 is 2.72 bits per heavy atom. The average molecular weight is 331 g/mol. The number of amides is 1. The van der Waals surface area contributed by atoms with E-state index in [-0.39, 0.29) is 12.3 Å². The maximum absolute atomic E-state index is 12.3. The van der Waals surface area contributed by atoms with Crippen LogP contribution in [0.3, 0.4) is 0 Å². The van der Waals surface area contributed by atoms with E-state index in [1.807, 2.05) is 61.5 Å². The molecule has 2 aromatic heterocycles. The molecule has 6 nitrogen and oxygen atoms in total. The van der Waals surface area contributed by atoms with E-state index in [2.05, 4.69) is 25.7 Å². The number of aromatic amines is 2. The number of benzene rings is 2. The Labute approximate surface area is 144 Å². The number of H-pyrrole nitrogens is 2. The molecule has 2 heterocycles. The topological polar surface area (TPSA) is 86.5 Å². The zero-order valence-electron chi connectivity index (χ0n) is 13.7. The Bertz CT molecular complexity index is 1050. The highest BCUT2D eigenvalue weighted by Gasteiger charge is 2.12. The van der Waals surface area contributed by atoms with Crippen molar-refractivity contribution in [3.05, 3.63) is 65.9 Å². The van der Waals surface area contributed by atoms with Gasteiger partial charge in [-0.1, -0.05) is 42.5 Å². The predicted molar refractivity (Wildman–Crippen MR) is 97.2 cm³/mol. The summed E-state index contributed by atoms with van der Waals surface area (Å²) in [5, 5.41) is 18.1. The molecule has 0 bridgehead atoms. The van der Waals surface area contributed by atoms with E-state index >= 15 is 0 Å². The Balaban J connectivity index is 1.49. The first-order chi connectivity index (χ1) is 12.2. The van der Waals surface area contributed by atoms with Crippen LogP contribution in [0.15, 0.2) is 54.6 Å². The third-order valence-electron chi connectivity index (χ3n) is 4.16. The largest absolute Gasteiger partial charge is 0.309 e.